The Bertz CT molecular complexity index is 281. The van der Waals surface area contributed by atoms with Crippen LogP contribution >= 0.6 is 0 Å². The standard InChI is InChI=1S/C16H31NO4/c1-2-3-4-5-6-7-8-9-10-11-12-17-14(16(20)21)13-15(18)19/h14,17H,2-13H2,1H3,(H,18,19)(H,20,21). The van der Waals surface area contributed by atoms with Crippen LogP contribution in [0.4, 0.5) is 0 Å². The van der Waals surface area contributed by atoms with Crippen LogP contribution < -0.4 is 5.32 Å². The summed E-state index contributed by atoms with van der Waals surface area (Å²) in [5.41, 5.74) is 0. The molecule has 21 heavy (non-hydrogen) atoms. The maximum atomic E-state index is 10.8. The molecule has 1 atom stereocenters. The molecule has 0 saturated carbocycles. The number of nitrogens with one attached hydrogen (secondary N) is 1. The summed E-state index contributed by atoms with van der Waals surface area (Å²) in [4.78, 5) is 21.3. The van der Waals surface area contributed by atoms with Gasteiger partial charge < -0.3 is 15.5 Å². The van der Waals surface area contributed by atoms with Gasteiger partial charge in [-0.1, -0.05) is 64.7 Å². The third-order valence-electron chi connectivity index (χ3n) is 3.60. The lowest BCUT2D eigenvalue weighted by molar-refractivity contribution is -0.145. The molecule has 0 aliphatic heterocycles. The van der Waals surface area contributed by atoms with Gasteiger partial charge in [-0.05, 0) is 13.0 Å². The van der Waals surface area contributed by atoms with Crippen LogP contribution in [0.5, 0.6) is 0 Å². The van der Waals surface area contributed by atoms with Crippen molar-refractivity contribution in [1.82, 2.24) is 5.32 Å². The summed E-state index contributed by atoms with van der Waals surface area (Å²) < 4.78 is 0. The minimum absolute atomic E-state index is 0.368. The Labute approximate surface area is 128 Å². The lowest BCUT2D eigenvalue weighted by atomic mass is 10.1. The summed E-state index contributed by atoms with van der Waals surface area (Å²) in [6.07, 6.45) is 11.9. The topological polar surface area (TPSA) is 86.6 Å². The predicted octanol–water partition coefficient (Wildman–Crippen LogP) is 3.42. The van der Waals surface area contributed by atoms with Crippen molar-refractivity contribution >= 4 is 11.9 Å². The van der Waals surface area contributed by atoms with Gasteiger partial charge in [-0.2, -0.15) is 0 Å². The molecule has 0 fully saturated rings. The van der Waals surface area contributed by atoms with Crippen molar-refractivity contribution in [2.24, 2.45) is 0 Å². The Kier molecular flexibility index (Phi) is 13.1. The number of hydrogen-bond acceptors (Lipinski definition) is 3. The molecule has 0 aliphatic rings. The SMILES string of the molecule is CCCCCCCCCCCCNC(CC(=O)O)C(=O)O. The first kappa shape index (κ1) is 19.9. The number of rotatable bonds is 15. The van der Waals surface area contributed by atoms with Gasteiger partial charge in [-0.25, -0.2) is 0 Å². The van der Waals surface area contributed by atoms with E-state index in [9.17, 15) is 9.59 Å². The van der Waals surface area contributed by atoms with Crippen LogP contribution in [0, 0.1) is 0 Å². The quantitative estimate of drug-likeness (QED) is 0.403. The highest BCUT2D eigenvalue weighted by molar-refractivity contribution is 5.80. The molecule has 124 valence electrons. The number of unbranched alkanes of at least 4 members (excludes halogenated alkanes) is 9. The van der Waals surface area contributed by atoms with Gasteiger partial charge in [-0.15, -0.1) is 0 Å². The van der Waals surface area contributed by atoms with Gasteiger partial charge in [-0.3, -0.25) is 9.59 Å². The number of hydrogen-bond donors (Lipinski definition) is 3. The largest absolute Gasteiger partial charge is 0.481 e. The first-order valence-corrected chi connectivity index (χ1v) is 8.26. The summed E-state index contributed by atoms with van der Waals surface area (Å²) >= 11 is 0. The molecule has 3 N–H and O–H groups in total. The zero-order chi connectivity index (χ0) is 15.9. The number of carbonyl (C=O) groups is 2. The number of aliphatic carboxylic acids is 2. The minimum atomic E-state index is -1.09. The fraction of sp³-hybridized carbons (Fsp3) is 0.875. The smallest absolute Gasteiger partial charge is 0.321 e. The second-order valence-electron chi connectivity index (χ2n) is 5.62. The van der Waals surface area contributed by atoms with Crippen LogP contribution in [0.2, 0.25) is 0 Å². The Morgan fingerprint density at radius 2 is 1.33 bits per heavy atom. The molecule has 0 radical (unpaired) electrons. The van der Waals surface area contributed by atoms with Crippen molar-refractivity contribution in [3.63, 3.8) is 0 Å². The molecule has 0 spiro atoms. The van der Waals surface area contributed by atoms with Crippen molar-refractivity contribution < 1.29 is 19.8 Å². The Balaban J connectivity index is 3.38. The molecule has 0 saturated heterocycles. The molecule has 0 aliphatic carbocycles. The third-order valence-corrected chi connectivity index (χ3v) is 3.60. The lowest BCUT2D eigenvalue weighted by Crippen LogP contribution is -2.39. The maximum Gasteiger partial charge on any atom is 0.321 e. The average Bonchev–Trinajstić information content (AvgIpc) is 2.42. The van der Waals surface area contributed by atoms with Crippen LogP contribution in [0.15, 0.2) is 0 Å². The van der Waals surface area contributed by atoms with Crippen molar-refractivity contribution in [1.29, 1.82) is 0 Å². The highest BCUT2D eigenvalue weighted by atomic mass is 16.4. The molecule has 0 amide bonds. The van der Waals surface area contributed by atoms with E-state index in [1.54, 1.807) is 0 Å². The molecule has 0 aromatic carbocycles. The Hall–Kier alpha value is -1.10. The minimum Gasteiger partial charge on any atom is -0.481 e. The lowest BCUT2D eigenvalue weighted by Gasteiger charge is -2.11. The van der Waals surface area contributed by atoms with E-state index in [0.717, 1.165) is 12.8 Å². The van der Waals surface area contributed by atoms with E-state index in [0.29, 0.717) is 6.54 Å². The van der Waals surface area contributed by atoms with E-state index < -0.39 is 18.0 Å². The molecule has 0 rings (SSSR count). The fourth-order valence-electron chi connectivity index (χ4n) is 2.31. The van der Waals surface area contributed by atoms with Crippen molar-refractivity contribution in [3.05, 3.63) is 0 Å². The second-order valence-corrected chi connectivity index (χ2v) is 5.62. The highest BCUT2D eigenvalue weighted by Gasteiger charge is 2.19. The number of carboxylic acids is 2. The Morgan fingerprint density at radius 1 is 0.857 bits per heavy atom. The molecule has 0 heterocycles. The van der Waals surface area contributed by atoms with Crippen LogP contribution in [0.25, 0.3) is 0 Å². The van der Waals surface area contributed by atoms with Gasteiger partial charge in [0, 0.05) is 0 Å². The fourth-order valence-corrected chi connectivity index (χ4v) is 2.31. The van der Waals surface area contributed by atoms with Gasteiger partial charge in [0.2, 0.25) is 0 Å². The molecular weight excluding hydrogens is 270 g/mol. The zero-order valence-corrected chi connectivity index (χ0v) is 13.3. The van der Waals surface area contributed by atoms with Gasteiger partial charge in [0.15, 0.2) is 0 Å². The first-order valence-electron chi connectivity index (χ1n) is 8.26. The predicted molar refractivity (Wildman–Crippen MR) is 83.5 cm³/mol. The summed E-state index contributed by atoms with van der Waals surface area (Å²) in [5, 5.41) is 20.3. The first-order chi connectivity index (χ1) is 10.1. The van der Waals surface area contributed by atoms with Crippen molar-refractivity contribution in [2.75, 3.05) is 6.54 Å². The Morgan fingerprint density at radius 3 is 1.76 bits per heavy atom. The normalized spacial score (nSPS) is 12.2. The van der Waals surface area contributed by atoms with E-state index in [1.165, 1.54) is 51.4 Å². The monoisotopic (exact) mass is 301 g/mol. The highest BCUT2D eigenvalue weighted by Crippen LogP contribution is 2.10. The average molecular weight is 301 g/mol. The molecular formula is C16H31NO4. The summed E-state index contributed by atoms with van der Waals surface area (Å²) in [5.74, 6) is -2.18. The summed E-state index contributed by atoms with van der Waals surface area (Å²) in [7, 11) is 0. The maximum absolute atomic E-state index is 10.8. The van der Waals surface area contributed by atoms with E-state index in [1.807, 2.05) is 0 Å². The molecule has 5 heteroatoms. The van der Waals surface area contributed by atoms with Crippen LogP contribution in [-0.2, 0) is 9.59 Å². The van der Waals surface area contributed by atoms with Crippen LogP contribution in [0.3, 0.4) is 0 Å². The van der Waals surface area contributed by atoms with Gasteiger partial charge >= 0.3 is 11.9 Å². The molecule has 0 bridgehead atoms. The van der Waals surface area contributed by atoms with Gasteiger partial charge in [0.1, 0.15) is 6.04 Å². The molecule has 1 unspecified atom stereocenters. The number of carboxylic acid groups (broad SMARTS) is 2. The van der Waals surface area contributed by atoms with Crippen molar-refractivity contribution in [3.8, 4) is 0 Å². The third kappa shape index (κ3) is 13.6. The zero-order valence-electron chi connectivity index (χ0n) is 13.3. The van der Waals surface area contributed by atoms with Crippen LogP contribution in [0.1, 0.15) is 77.6 Å². The van der Waals surface area contributed by atoms with E-state index in [4.69, 9.17) is 10.2 Å². The molecule has 0 aromatic heterocycles. The van der Waals surface area contributed by atoms with E-state index in [2.05, 4.69) is 12.2 Å². The van der Waals surface area contributed by atoms with Crippen molar-refractivity contribution in [2.45, 2.75) is 83.6 Å². The summed E-state index contributed by atoms with van der Waals surface area (Å²) in [6.45, 7) is 2.79. The summed E-state index contributed by atoms with van der Waals surface area (Å²) in [6, 6.07) is -0.971. The second kappa shape index (κ2) is 13.9. The van der Waals surface area contributed by atoms with Gasteiger partial charge in [0.25, 0.3) is 0 Å². The van der Waals surface area contributed by atoms with E-state index in [-0.39, 0.29) is 6.42 Å². The van der Waals surface area contributed by atoms with E-state index >= 15 is 0 Å². The van der Waals surface area contributed by atoms with Crippen LogP contribution in [-0.4, -0.2) is 34.7 Å². The molecule has 0 aromatic rings. The van der Waals surface area contributed by atoms with Gasteiger partial charge in [0.05, 0.1) is 6.42 Å². The molecule has 5 nitrogen and oxygen atoms in total.